The largest absolute Gasteiger partial charge is 0.375 e. The van der Waals surface area contributed by atoms with E-state index in [-0.39, 0.29) is 0 Å². The second-order valence-electron chi connectivity index (χ2n) is 4.86. The molecule has 0 bridgehead atoms. The number of nitrogens with zero attached hydrogens (tertiary/aromatic N) is 2. The smallest absolute Gasteiger partial charge is 0.0900 e. The molecular weight excluding hydrogens is 250 g/mol. The van der Waals surface area contributed by atoms with Crippen LogP contribution < -0.4 is 5.32 Å². The normalized spacial score (nSPS) is 19.6. The average Bonchev–Trinajstić information content (AvgIpc) is 2.96. The van der Waals surface area contributed by atoms with E-state index in [0.29, 0.717) is 6.61 Å². The Balaban J connectivity index is 1.78. The molecule has 18 heavy (non-hydrogen) atoms. The van der Waals surface area contributed by atoms with Crippen LogP contribution in [0.2, 0.25) is 5.02 Å². The number of nitrogens with one attached hydrogen (secondary N) is 1. The zero-order valence-electron chi connectivity index (χ0n) is 11.2. The topological polar surface area (TPSA) is 39.1 Å². The number of ether oxygens (including phenoxy) is 1. The lowest BCUT2D eigenvalue weighted by Crippen LogP contribution is -2.11. The summed E-state index contributed by atoms with van der Waals surface area (Å²) < 4.78 is 7.67. The van der Waals surface area contributed by atoms with E-state index in [1.807, 2.05) is 11.6 Å². The first kappa shape index (κ1) is 13.8. The highest BCUT2D eigenvalue weighted by Crippen LogP contribution is 2.21. The number of aromatic nitrogens is 2. The molecule has 1 aromatic heterocycles. The van der Waals surface area contributed by atoms with Crippen molar-refractivity contribution in [3.05, 3.63) is 16.4 Å². The van der Waals surface area contributed by atoms with Crippen molar-refractivity contribution in [1.82, 2.24) is 15.1 Å². The van der Waals surface area contributed by atoms with Crippen LogP contribution in [0.15, 0.2) is 0 Å². The third-order valence-corrected chi connectivity index (χ3v) is 4.02. The van der Waals surface area contributed by atoms with Crippen molar-refractivity contribution < 1.29 is 4.74 Å². The van der Waals surface area contributed by atoms with E-state index in [2.05, 4.69) is 17.3 Å². The minimum Gasteiger partial charge on any atom is -0.375 e. The molecule has 1 atom stereocenters. The molecule has 1 fully saturated rings. The zero-order chi connectivity index (χ0) is 13.0. The summed E-state index contributed by atoms with van der Waals surface area (Å²) in [5.74, 6) is 0.776. The highest BCUT2D eigenvalue weighted by atomic mass is 35.5. The Kier molecular flexibility index (Phi) is 5.03. The second-order valence-corrected chi connectivity index (χ2v) is 5.24. The fourth-order valence-corrected chi connectivity index (χ4v) is 2.58. The summed E-state index contributed by atoms with van der Waals surface area (Å²) in [6.45, 7) is 8.48. The van der Waals surface area contributed by atoms with Crippen LogP contribution in [-0.2, 0) is 17.9 Å². The van der Waals surface area contributed by atoms with Crippen molar-refractivity contribution in [2.75, 3.05) is 19.7 Å². The SMILES string of the molecule is CCn1nc(C)c(Cl)c1COCCC1CCNC1. The molecule has 0 aromatic carbocycles. The standard InChI is InChI=1S/C13H22ClN3O/c1-3-17-12(13(14)10(2)16-17)9-18-7-5-11-4-6-15-8-11/h11,15H,3-9H2,1-2H3. The molecule has 2 rings (SSSR count). The lowest BCUT2D eigenvalue weighted by atomic mass is 10.1. The first-order chi connectivity index (χ1) is 8.72. The van der Waals surface area contributed by atoms with E-state index in [9.17, 15) is 0 Å². The Hall–Kier alpha value is -0.580. The van der Waals surface area contributed by atoms with Gasteiger partial charge in [-0.15, -0.1) is 0 Å². The molecule has 1 aliphatic rings. The Morgan fingerprint density at radius 1 is 1.56 bits per heavy atom. The van der Waals surface area contributed by atoms with Crippen molar-refractivity contribution in [3.8, 4) is 0 Å². The number of hydrogen-bond acceptors (Lipinski definition) is 3. The third-order valence-electron chi connectivity index (χ3n) is 3.52. The van der Waals surface area contributed by atoms with Crippen LogP contribution in [-0.4, -0.2) is 29.5 Å². The first-order valence-corrected chi connectivity index (χ1v) is 7.10. The van der Waals surface area contributed by atoms with Gasteiger partial charge in [-0.1, -0.05) is 11.6 Å². The van der Waals surface area contributed by atoms with Crippen LogP contribution in [0.5, 0.6) is 0 Å². The van der Waals surface area contributed by atoms with Crippen LogP contribution >= 0.6 is 11.6 Å². The van der Waals surface area contributed by atoms with Gasteiger partial charge in [0.25, 0.3) is 0 Å². The van der Waals surface area contributed by atoms with E-state index in [1.165, 1.54) is 6.42 Å². The van der Waals surface area contributed by atoms with E-state index in [1.54, 1.807) is 0 Å². The van der Waals surface area contributed by atoms with Gasteiger partial charge in [0.05, 0.1) is 23.0 Å². The van der Waals surface area contributed by atoms with Gasteiger partial charge in [-0.2, -0.15) is 5.10 Å². The molecule has 1 aliphatic heterocycles. The molecule has 4 nitrogen and oxygen atoms in total. The van der Waals surface area contributed by atoms with E-state index in [4.69, 9.17) is 16.3 Å². The molecule has 1 saturated heterocycles. The molecule has 0 amide bonds. The molecule has 0 radical (unpaired) electrons. The summed E-state index contributed by atoms with van der Waals surface area (Å²) in [4.78, 5) is 0. The zero-order valence-corrected chi connectivity index (χ0v) is 12.0. The first-order valence-electron chi connectivity index (χ1n) is 6.72. The van der Waals surface area contributed by atoms with Gasteiger partial charge in [-0.05, 0) is 45.7 Å². The van der Waals surface area contributed by atoms with Crippen LogP contribution in [0.3, 0.4) is 0 Å². The second kappa shape index (κ2) is 6.55. The van der Waals surface area contributed by atoms with Gasteiger partial charge in [-0.25, -0.2) is 0 Å². The molecule has 0 saturated carbocycles. The lowest BCUT2D eigenvalue weighted by molar-refractivity contribution is 0.104. The number of hydrogen-bond donors (Lipinski definition) is 1. The molecule has 2 heterocycles. The lowest BCUT2D eigenvalue weighted by Gasteiger charge is -2.10. The molecule has 1 unspecified atom stereocenters. The summed E-state index contributed by atoms with van der Waals surface area (Å²) in [6.07, 6.45) is 2.40. The molecule has 1 aromatic rings. The Morgan fingerprint density at radius 3 is 3.06 bits per heavy atom. The van der Waals surface area contributed by atoms with Gasteiger partial charge in [-0.3, -0.25) is 4.68 Å². The minimum atomic E-state index is 0.563. The van der Waals surface area contributed by atoms with Crippen molar-refractivity contribution in [1.29, 1.82) is 0 Å². The number of halogens is 1. The van der Waals surface area contributed by atoms with Crippen LogP contribution in [0.4, 0.5) is 0 Å². The highest BCUT2D eigenvalue weighted by molar-refractivity contribution is 6.31. The molecule has 5 heteroatoms. The summed E-state index contributed by atoms with van der Waals surface area (Å²) in [5.41, 5.74) is 1.89. The monoisotopic (exact) mass is 271 g/mol. The third kappa shape index (κ3) is 3.25. The van der Waals surface area contributed by atoms with E-state index >= 15 is 0 Å². The van der Waals surface area contributed by atoms with Crippen molar-refractivity contribution in [2.24, 2.45) is 5.92 Å². The summed E-state index contributed by atoms with van der Waals surface area (Å²) >= 11 is 6.23. The molecular formula is C13H22ClN3O. The van der Waals surface area contributed by atoms with E-state index < -0.39 is 0 Å². The van der Waals surface area contributed by atoms with Crippen LogP contribution in [0.25, 0.3) is 0 Å². The quantitative estimate of drug-likeness (QED) is 0.808. The predicted octanol–water partition coefficient (Wildman–Crippen LogP) is 2.38. The molecule has 1 N–H and O–H groups in total. The average molecular weight is 272 g/mol. The number of aryl methyl sites for hydroxylation is 2. The van der Waals surface area contributed by atoms with Crippen molar-refractivity contribution in [3.63, 3.8) is 0 Å². The van der Waals surface area contributed by atoms with Gasteiger partial charge < -0.3 is 10.1 Å². The molecule has 0 spiro atoms. The fraction of sp³-hybridized carbons (Fsp3) is 0.769. The Bertz CT molecular complexity index is 386. The van der Waals surface area contributed by atoms with Crippen LogP contribution in [0.1, 0.15) is 31.2 Å². The van der Waals surface area contributed by atoms with Gasteiger partial charge in [0.15, 0.2) is 0 Å². The fourth-order valence-electron chi connectivity index (χ4n) is 2.39. The maximum atomic E-state index is 6.23. The predicted molar refractivity (Wildman–Crippen MR) is 72.9 cm³/mol. The molecule has 0 aliphatic carbocycles. The maximum Gasteiger partial charge on any atom is 0.0900 e. The van der Waals surface area contributed by atoms with Gasteiger partial charge in [0, 0.05) is 13.2 Å². The summed E-state index contributed by atoms with van der Waals surface area (Å²) in [5, 5.41) is 8.50. The minimum absolute atomic E-state index is 0.563. The Morgan fingerprint density at radius 2 is 2.39 bits per heavy atom. The van der Waals surface area contributed by atoms with Gasteiger partial charge in [0.1, 0.15) is 0 Å². The van der Waals surface area contributed by atoms with E-state index in [0.717, 1.165) is 55.0 Å². The maximum absolute atomic E-state index is 6.23. The van der Waals surface area contributed by atoms with Crippen molar-refractivity contribution in [2.45, 2.75) is 39.8 Å². The molecule has 102 valence electrons. The highest BCUT2D eigenvalue weighted by Gasteiger charge is 2.15. The summed E-state index contributed by atoms with van der Waals surface area (Å²) in [6, 6.07) is 0. The van der Waals surface area contributed by atoms with Gasteiger partial charge in [0.2, 0.25) is 0 Å². The van der Waals surface area contributed by atoms with Crippen molar-refractivity contribution >= 4 is 11.6 Å². The summed E-state index contributed by atoms with van der Waals surface area (Å²) in [7, 11) is 0. The Labute approximate surface area is 114 Å². The van der Waals surface area contributed by atoms with Crippen LogP contribution in [0, 0.1) is 12.8 Å². The number of rotatable bonds is 6. The van der Waals surface area contributed by atoms with Gasteiger partial charge >= 0.3 is 0 Å².